The Labute approximate surface area is 88.0 Å². The largest absolute Gasteiger partial charge is 0.449 e. The van der Waals surface area contributed by atoms with Crippen LogP contribution in [-0.2, 0) is 5.75 Å². The molecule has 0 saturated heterocycles. The Balaban J connectivity index is 2.06. The molecule has 1 aromatic rings. The molecular formula is C9H14ClNOS. The van der Waals surface area contributed by atoms with Crippen LogP contribution in [0.2, 0.25) is 5.22 Å². The van der Waals surface area contributed by atoms with Crippen LogP contribution in [0.15, 0.2) is 16.5 Å². The average molecular weight is 220 g/mol. The van der Waals surface area contributed by atoms with Crippen LogP contribution in [0.4, 0.5) is 0 Å². The Bertz CT molecular complexity index is 239. The number of hydrogen-bond acceptors (Lipinski definition) is 3. The number of hydrogen-bond donors (Lipinski definition) is 1. The normalized spacial score (nSPS) is 10.6. The third-order valence-electron chi connectivity index (χ3n) is 1.55. The van der Waals surface area contributed by atoms with Gasteiger partial charge in [0.05, 0.1) is 5.75 Å². The zero-order chi connectivity index (χ0) is 9.52. The quantitative estimate of drug-likeness (QED) is 0.745. The molecule has 0 atom stereocenters. The van der Waals surface area contributed by atoms with Crippen molar-refractivity contribution in [3.8, 4) is 0 Å². The van der Waals surface area contributed by atoms with E-state index in [1.165, 1.54) is 0 Å². The lowest BCUT2D eigenvalue weighted by Gasteiger charge is -1.99. The van der Waals surface area contributed by atoms with Gasteiger partial charge in [0.15, 0.2) is 5.22 Å². The van der Waals surface area contributed by atoms with E-state index in [-0.39, 0.29) is 0 Å². The van der Waals surface area contributed by atoms with Crippen LogP contribution in [-0.4, -0.2) is 18.8 Å². The van der Waals surface area contributed by atoms with Crippen LogP contribution in [0.1, 0.15) is 12.7 Å². The van der Waals surface area contributed by atoms with E-state index < -0.39 is 0 Å². The predicted molar refractivity (Wildman–Crippen MR) is 58.4 cm³/mol. The van der Waals surface area contributed by atoms with Gasteiger partial charge in [0.25, 0.3) is 0 Å². The Morgan fingerprint density at radius 3 is 3.00 bits per heavy atom. The first kappa shape index (κ1) is 11.0. The summed E-state index contributed by atoms with van der Waals surface area (Å²) in [5.41, 5.74) is 0. The van der Waals surface area contributed by atoms with Crippen molar-refractivity contribution in [2.75, 3.05) is 18.8 Å². The van der Waals surface area contributed by atoms with Crippen molar-refractivity contribution in [3.05, 3.63) is 23.1 Å². The fraction of sp³-hybridized carbons (Fsp3) is 0.556. The van der Waals surface area contributed by atoms with Gasteiger partial charge >= 0.3 is 0 Å². The fourth-order valence-corrected chi connectivity index (χ4v) is 1.87. The summed E-state index contributed by atoms with van der Waals surface area (Å²) in [5, 5.41) is 3.74. The van der Waals surface area contributed by atoms with Gasteiger partial charge in [0.2, 0.25) is 0 Å². The molecule has 0 bridgehead atoms. The minimum atomic E-state index is 0.474. The number of furan rings is 1. The first-order chi connectivity index (χ1) is 6.33. The summed E-state index contributed by atoms with van der Waals surface area (Å²) in [7, 11) is 0. The summed E-state index contributed by atoms with van der Waals surface area (Å²) in [4.78, 5) is 0. The molecule has 0 unspecified atom stereocenters. The van der Waals surface area contributed by atoms with Crippen LogP contribution in [0.5, 0.6) is 0 Å². The molecule has 0 saturated carbocycles. The SMILES string of the molecule is CCNCCSCc1ccc(Cl)o1. The highest BCUT2D eigenvalue weighted by Crippen LogP contribution is 2.17. The maximum Gasteiger partial charge on any atom is 0.193 e. The molecule has 0 amide bonds. The van der Waals surface area contributed by atoms with Gasteiger partial charge in [-0.25, -0.2) is 0 Å². The third-order valence-corrected chi connectivity index (χ3v) is 2.73. The Hall–Kier alpha value is -0.120. The standard InChI is InChI=1S/C9H14ClNOS/c1-2-11-5-6-13-7-8-3-4-9(10)12-8/h3-4,11H,2,5-7H2,1H3. The molecule has 2 nitrogen and oxygen atoms in total. The van der Waals surface area contributed by atoms with Gasteiger partial charge in [0, 0.05) is 12.3 Å². The Morgan fingerprint density at radius 1 is 1.54 bits per heavy atom. The molecule has 0 aromatic carbocycles. The third kappa shape index (κ3) is 4.60. The molecule has 74 valence electrons. The lowest BCUT2D eigenvalue weighted by Crippen LogP contribution is -2.15. The maximum atomic E-state index is 5.63. The maximum absolute atomic E-state index is 5.63. The second-order valence-electron chi connectivity index (χ2n) is 2.61. The number of rotatable bonds is 6. The molecule has 1 N–H and O–H groups in total. The first-order valence-corrected chi connectivity index (χ1v) is 5.89. The van der Waals surface area contributed by atoms with E-state index in [9.17, 15) is 0 Å². The van der Waals surface area contributed by atoms with E-state index in [0.717, 1.165) is 30.4 Å². The highest BCUT2D eigenvalue weighted by Gasteiger charge is 1.98. The molecule has 0 aliphatic rings. The van der Waals surface area contributed by atoms with Crippen LogP contribution in [0.25, 0.3) is 0 Å². The van der Waals surface area contributed by atoms with Crippen LogP contribution in [0.3, 0.4) is 0 Å². The molecule has 0 aliphatic carbocycles. The topological polar surface area (TPSA) is 25.2 Å². The molecule has 0 fully saturated rings. The minimum Gasteiger partial charge on any atom is -0.449 e. The molecule has 0 spiro atoms. The van der Waals surface area contributed by atoms with Crippen molar-refractivity contribution in [1.29, 1.82) is 0 Å². The fourth-order valence-electron chi connectivity index (χ4n) is 0.923. The Kier molecular flexibility index (Phi) is 5.35. The highest BCUT2D eigenvalue weighted by atomic mass is 35.5. The van der Waals surface area contributed by atoms with E-state index in [0.29, 0.717) is 5.22 Å². The summed E-state index contributed by atoms with van der Waals surface area (Å²) in [6, 6.07) is 3.70. The minimum absolute atomic E-state index is 0.474. The molecule has 13 heavy (non-hydrogen) atoms. The molecule has 0 radical (unpaired) electrons. The van der Waals surface area contributed by atoms with Crippen molar-refractivity contribution in [1.82, 2.24) is 5.32 Å². The lowest BCUT2D eigenvalue weighted by molar-refractivity contribution is 0.532. The smallest absolute Gasteiger partial charge is 0.193 e. The van der Waals surface area contributed by atoms with Gasteiger partial charge < -0.3 is 9.73 Å². The van der Waals surface area contributed by atoms with E-state index in [1.807, 2.05) is 17.8 Å². The van der Waals surface area contributed by atoms with Crippen molar-refractivity contribution >= 4 is 23.4 Å². The molecule has 1 heterocycles. The molecular weight excluding hydrogens is 206 g/mol. The van der Waals surface area contributed by atoms with Gasteiger partial charge in [-0.05, 0) is 30.3 Å². The number of thioether (sulfide) groups is 1. The van der Waals surface area contributed by atoms with Gasteiger partial charge in [-0.15, -0.1) is 0 Å². The number of nitrogens with one attached hydrogen (secondary N) is 1. The number of halogens is 1. The molecule has 1 aromatic heterocycles. The summed E-state index contributed by atoms with van der Waals surface area (Å²) < 4.78 is 5.21. The predicted octanol–water partition coefficient (Wildman–Crippen LogP) is 2.78. The van der Waals surface area contributed by atoms with Gasteiger partial charge in [0.1, 0.15) is 5.76 Å². The molecule has 4 heteroatoms. The Morgan fingerprint density at radius 2 is 2.38 bits per heavy atom. The second-order valence-corrected chi connectivity index (χ2v) is 4.09. The van der Waals surface area contributed by atoms with E-state index >= 15 is 0 Å². The summed E-state index contributed by atoms with van der Waals surface area (Å²) in [6.07, 6.45) is 0. The van der Waals surface area contributed by atoms with Gasteiger partial charge in [-0.1, -0.05) is 6.92 Å². The van der Waals surface area contributed by atoms with Crippen LogP contribution in [0, 0.1) is 0 Å². The van der Waals surface area contributed by atoms with E-state index in [1.54, 1.807) is 6.07 Å². The summed E-state index contributed by atoms with van der Waals surface area (Å²) >= 11 is 7.48. The van der Waals surface area contributed by atoms with Crippen LogP contribution >= 0.6 is 23.4 Å². The second kappa shape index (κ2) is 6.35. The van der Waals surface area contributed by atoms with Crippen molar-refractivity contribution in [3.63, 3.8) is 0 Å². The van der Waals surface area contributed by atoms with Crippen molar-refractivity contribution < 1.29 is 4.42 Å². The van der Waals surface area contributed by atoms with Gasteiger partial charge in [-0.2, -0.15) is 11.8 Å². The van der Waals surface area contributed by atoms with Crippen LogP contribution < -0.4 is 5.32 Å². The van der Waals surface area contributed by atoms with E-state index in [4.69, 9.17) is 16.0 Å². The van der Waals surface area contributed by atoms with Crippen molar-refractivity contribution in [2.24, 2.45) is 0 Å². The summed E-state index contributed by atoms with van der Waals surface area (Å²) in [5.74, 6) is 2.95. The highest BCUT2D eigenvalue weighted by molar-refractivity contribution is 7.98. The first-order valence-electron chi connectivity index (χ1n) is 4.35. The monoisotopic (exact) mass is 219 g/mol. The molecule has 0 aliphatic heterocycles. The van der Waals surface area contributed by atoms with Crippen molar-refractivity contribution in [2.45, 2.75) is 12.7 Å². The molecule has 1 rings (SSSR count). The van der Waals surface area contributed by atoms with E-state index in [2.05, 4.69) is 12.2 Å². The average Bonchev–Trinajstić information content (AvgIpc) is 2.51. The zero-order valence-electron chi connectivity index (χ0n) is 7.68. The summed E-state index contributed by atoms with van der Waals surface area (Å²) in [6.45, 7) is 4.19. The van der Waals surface area contributed by atoms with Gasteiger partial charge in [-0.3, -0.25) is 0 Å². The lowest BCUT2D eigenvalue weighted by atomic mass is 10.5. The zero-order valence-corrected chi connectivity index (χ0v) is 9.25.